The molecule has 0 aliphatic carbocycles. The summed E-state index contributed by atoms with van der Waals surface area (Å²) in [7, 11) is 0. The quantitative estimate of drug-likeness (QED) is 0.785. The van der Waals surface area contributed by atoms with Gasteiger partial charge in [-0.3, -0.25) is 5.10 Å². The molecule has 1 heterocycles. The minimum absolute atomic E-state index is 0.0000354. The number of rotatable bonds is 2. The molecule has 2 aromatic rings. The second kappa shape index (κ2) is 4.67. The van der Waals surface area contributed by atoms with Crippen LogP contribution in [0.4, 0.5) is 0 Å². The van der Waals surface area contributed by atoms with E-state index in [1.807, 2.05) is 39.8 Å². The monoisotopic (exact) mass is 274 g/mol. The third-order valence-corrected chi connectivity index (χ3v) is 3.26. The van der Waals surface area contributed by atoms with Crippen molar-refractivity contribution < 1.29 is 15.0 Å². The van der Waals surface area contributed by atoms with Crippen molar-refractivity contribution in [1.82, 2.24) is 10.2 Å². The molecule has 0 saturated carbocycles. The van der Waals surface area contributed by atoms with E-state index in [-0.39, 0.29) is 16.9 Å². The molecule has 0 unspecified atom stereocenters. The number of carboxylic acid groups (broad SMARTS) is 1. The van der Waals surface area contributed by atoms with Gasteiger partial charge in [0.15, 0.2) is 0 Å². The molecule has 20 heavy (non-hydrogen) atoms. The van der Waals surface area contributed by atoms with Crippen molar-refractivity contribution >= 4 is 5.97 Å². The minimum atomic E-state index is -1.08. The van der Waals surface area contributed by atoms with Gasteiger partial charge < -0.3 is 10.2 Å². The first-order valence-corrected chi connectivity index (χ1v) is 6.34. The zero-order valence-corrected chi connectivity index (χ0v) is 12.0. The fraction of sp³-hybridized carbons (Fsp3) is 0.333. The third-order valence-electron chi connectivity index (χ3n) is 3.26. The Morgan fingerprint density at radius 2 is 1.95 bits per heavy atom. The van der Waals surface area contributed by atoms with E-state index in [1.54, 1.807) is 0 Å². The highest BCUT2D eigenvalue weighted by Crippen LogP contribution is 2.39. The van der Waals surface area contributed by atoms with Crippen LogP contribution in [0, 0.1) is 6.92 Å². The highest BCUT2D eigenvalue weighted by atomic mass is 16.4. The van der Waals surface area contributed by atoms with Gasteiger partial charge in [-0.15, -0.1) is 0 Å². The highest BCUT2D eigenvalue weighted by Gasteiger charge is 2.23. The van der Waals surface area contributed by atoms with Crippen molar-refractivity contribution in [2.24, 2.45) is 0 Å². The number of hydrogen-bond acceptors (Lipinski definition) is 3. The molecule has 106 valence electrons. The molecule has 0 bridgehead atoms. The summed E-state index contributed by atoms with van der Waals surface area (Å²) in [5.41, 5.74) is 2.44. The standard InChI is InChI=1S/C15H18N2O3/c1-8-5-6-9(15(2,3)4)13(18)12(8)10-7-11(14(19)20)17-16-10/h5-7,18H,1-4H3,(H,16,17)(H,19,20). The molecule has 1 aromatic heterocycles. The van der Waals surface area contributed by atoms with Gasteiger partial charge in [0.05, 0.1) is 5.69 Å². The van der Waals surface area contributed by atoms with Gasteiger partial charge in [-0.1, -0.05) is 32.9 Å². The van der Waals surface area contributed by atoms with Crippen LogP contribution >= 0.6 is 0 Å². The molecule has 0 amide bonds. The number of carbonyl (C=O) groups is 1. The number of aromatic hydroxyl groups is 1. The molecule has 0 fully saturated rings. The van der Waals surface area contributed by atoms with Crippen molar-refractivity contribution in [2.75, 3.05) is 0 Å². The number of phenolic OH excluding ortho intramolecular Hbond substituents is 1. The van der Waals surface area contributed by atoms with Gasteiger partial charge in [0.2, 0.25) is 0 Å². The van der Waals surface area contributed by atoms with Crippen LogP contribution in [0.5, 0.6) is 5.75 Å². The number of H-pyrrole nitrogens is 1. The van der Waals surface area contributed by atoms with Crippen LogP contribution in [0.25, 0.3) is 11.3 Å². The number of carboxylic acids is 1. The average molecular weight is 274 g/mol. The zero-order chi connectivity index (χ0) is 15.1. The van der Waals surface area contributed by atoms with E-state index in [2.05, 4.69) is 10.2 Å². The summed E-state index contributed by atoms with van der Waals surface area (Å²) in [4.78, 5) is 10.9. The predicted octanol–water partition coefficient (Wildman–Crippen LogP) is 3.09. The Bertz CT molecular complexity index is 666. The third kappa shape index (κ3) is 2.39. The number of aromatic nitrogens is 2. The molecule has 1 aromatic carbocycles. The molecule has 5 heteroatoms. The number of phenols is 1. The topological polar surface area (TPSA) is 86.2 Å². The first-order valence-electron chi connectivity index (χ1n) is 6.34. The first-order chi connectivity index (χ1) is 9.21. The molecular formula is C15H18N2O3. The second-order valence-corrected chi connectivity index (χ2v) is 5.88. The lowest BCUT2D eigenvalue weighted by Crippen LogP contribution is -2.11. The number of hydrogen-bond donors (Lipinski definition) is 3. The molecule has 0 spiro atoms. The number of nitrogens with one attached hydrogen (secondary N) is 1. The SMILES string of the molecule is Cc1ccc(C(C)(C)C)c(O)c1-c1cc(C(=O)O)[nH]n1. The van der Waals surface area contributed by atoms with Gasteiger partial charge in [0.25, 0.3) is 0 Å². The largest absolute Gasteiger partial charge is 0.507 e. The van der Waals surface area contributed by atoms with Crippen molar-refractivity contribution in [2.45, 2.75) is 33.1 Å². The van der Waals surface area contributed by atoms with Gasteiger partial charge in [-0.25, -0.2) is 4.79 Å². The fourth-order valence-electron chi connectivity index (χ4n) is 2.18. The molecule has 0 radical (unpaired) electrons. The number of nitrogens with zero attached hydrogens (tertiary/aromatic N) is 1. The molecule has 0 saturated heterocycles. The second-order valence-electron chi connectivity index (χ2n) is 5.88. The maximum Gasteiger partial charge on any atom is 0.353 e. The summed E-state index contributed by atoms with van der Waals surface area (Å²) in [5.74, 6) is -0.922. The highest BCUT2D eigenvalue weighted by molar-refractivity contribution is 5.87. The Morgan fingerprint density at radius 3 is 2.45 bits per heavy atom. The van der Waals surface area contributed by atoms with Crippen LogP contribution in [-0.4, -0.2) is 26.4 Å². The number of aromatic carboxylic acids is 1. The van der Waals surface area contributed by atoms with Crippen molar-refractivity contribution in [3.63, 3.8) is 0 Å². The lowest BCUT2D eigenvalue weighted by atomic mass is 9.84. The summed E-state index contributed by atoms with van der Waals surface area (Å²) in [6, 6.07) is 5.22. The summed E-state index contributed by atoms with van der Waals surface area (Å²) in [6.45, 7) is 7.88. The van der Waals surface area contributed by atoms with Gasteiger partial charge in [0.1, 0.15) is 11.4 Å². The minimum Gasteiger partial charge on any atom is -0.507 e. The van der Waals surface area contributed by atoms with Gasteiger partial charge >= 0.3 is 5.97 Å². The first kappa shape index (κ1) is 14.1. The lowest BCUT2D eigenvalue weighted by Gasteiger charge is -2.22. The lowest BCUT2D eigenvalue weighted by molar-refractivity contribution is 0.0690. The van der Waals surface area contributed by atoms with E-state index in [4.69, 9.17) is 5.11 Å². The van der Waals surface area contributed by atoms with E-state index in [0.717, 1.165) is 11.1 Å². The van der Waals surface area contributed by atoms with Crippen LogP contribution in [0.15, 0.2) is 18.2 Å². The molecular weight excluding hydrogens is 256 g/mol. The molecule has 2 rings (SSSR count). The van der Waals surface area contributed by atoms with E-state index in [9.17, 15) is 9.90 Å². The van der Waals surface area contributed by atoms with Crippen LogP contribution < -0.4 is 0 Å². The summed E-state index contributed by atoms with van der Waals surface area (Å²) >= 11 is 0. The average Bonchev–Trinajstić information content (AvgIpc) is 2.76. The van der Waals surface area contributed by atoms with E-state index < -0.39 is 5.97 Å². The zero-order valence-electron chi connectivity index (χ0n) is 12.0. The van der Waals surface area contributed by atoms with Gasteiger partial charge in [0, 0.05) is 5.56 Å². The number of aryl methyl sites for hydroxylation is 1. The Hall–Kier alpha value is -2.30. The number of aromatic amines is 1. The van der Waals surface area contributed by atoms with Crippen LogP contribution in [0.1, 0.15) is 42.4 Å². The molecule has 0 atom stereocenters. The molecule has 0 aliphatic rings. The molecule has 0 aliphatic heterocycles. The Morgan fingerprint density at radius 1 is 1.30 bits per heavy atom. The normalized spacial score (nSPS) is 11.6. The van der Waals surface area contributed by atoms with E-state index in [0.29, 0.717) is 11.3 Å². The summed E-state index contributed by atoms with van der Waals surface area (Å²) in [5, 5.41) is 25.9. The summed E-state index contributed by atoms with van der Waals surface area (Å²) in [6.07, 6.45) is 0. The van der Waals surface area contributed by atoms with Crippen molar-refractivity contribution in [1.29, 1.82) is 0 Å². The Labute approximate surface area is 117 Å². The van der Waals surface area contributed by atoms with Crippen molar-refractivity contribution in [3.05, 3.63) is 35.0 Å². The van der Waals surface area contributed by atoms with E-state index in [1.165, 1.54) is 6.07 Å². The predicted molar refractivity (Wildman–Crippen MR) is 76.1 cm³/mol. The van der Waals surface area contributed by atoms with E-state index >= 15 is 0 Å². The van der Waals surface area contributed by atoms with Gasteiger partial charge in [-0.2, -0.15) is 5.10 Å². The maximum absolute atomic E-state index is 10.9. The van der Waals surface area contributed by atoms with Crippen LogP contribution in [0.2, 0.25) is 0 Å². The van der Waals surface area contributed by atoms with Gasteiger partial charge in [-0.05, 0) is 29.5 Å². The molecule has 3 N–H and O–H groups in total. The number of benzene rings is 1. The van der Waals surface area contributed by atoms with Crippen LogP contribution in [-0.2, 0) is 5.41 Å². The summed E-state index contributed by atoms with van der Waals surface area (Å²) < 4.78 is 0. The Kier molecular flexibility index (Phi) is 3.29. The molecule has 5 nitrogen and oxygen atoms in total. The van der Waals surface area contributed by atoms with Crippen LogP contribution in [0.3, 0.4) is 0 Å². The fourth-order valence-corrected chi connectivity index (χ4v) is 2.18. The maximum atomic E-state index is 10.9. The van der Waals surface area contributed by atoms with Crippen molar-refractivity contribution in [3.8, 4) is 17.0 Å². The smallest absolute Gasteiger partial charge is 0.353 e. The Balaban J connectivity index is 2.63.